The van der Waals surface area contributed by atoms with Gasteiger partial charge in [-0.15, -0.1) is 0 Å². The number of sulfone groups is 1. The summed E-state index contributed by atoms with van der Waals surface area (Å²) in [4.78, 5) is -0.230. The number of fused-ring (bicyclic) bond motifs is 1. The normalized spacial score (nSPS) is 11.9. The molecule has 0 unspecified atom stereocenters. The first-order valence-electron chi connectivity index (χ1n) is 8.14. The fourth-order valence-electron chi connectivity index (χ4n) is 2.73. The number of nitriles is 1. The Morgan fingerprint density at radius 3 is 2.42 bits per heavy atom. The van der Waals surface area contributed by atoms with Crippen LogP contribution in [0.1, 0.15) is 12.5 Å². The van der Waals surface area contributed by atoms with Crippen LogP contribution in [-0.2, 0) is 9.84 Å². The second-order valence-corrected chi connectivity index (χ2v) is 7.49. The second kappa shape index (κ2) is 7.42. The second-order valence-electron chi connectivity index (χ2n) is 5.57. The minimum absolute atomic E-state index is 0.0889. The monoisotopic (exact) mass is 363 g/mol. The van der Waals surface area contributed by atoms with Crippen LogP contribution in [0.2, 0.25) is 0 Å². The van der Waals surface area contributed by atoms with Crippen molar-refractivity contribution in [3.8, 4) is 11.8 Å². The number of rotatable bonds is 5. The van der Waals surface area contributed by atoms with Gasteiger partial charge in [-0.1, -0.05) is 48.5 Å². The molecule has 5 heteroatoms. The van der Waals surface area contributed by atoms with E-state index in [0.29, 0.717) is 17.9 Å². The molecule has 0 saturated carbocycles. The van der Waals surface area contributed by atoms with Gasteiger partial charge < -0.3 is 4.74 Å². The summed E-state index contributed by atoms with van der Waals surface area (Å²) in [5.74, 6) is 0.544. The van der Waals surface area contributed by atoms with Crippen molar-refractivity contribution in [2.24, 2.45) is 0 Å². The van der Waals surface area contributed by atoms with Crippen LogP contribution in [-0.4, -0.2) is 15.0 Å². The summed E-state index contributed by atoms with van der Waals surface area (Å²) < 4.78 is 31.3. The first kappa shape index (κ1) is 17.7. The maximum atomic E-state index is 12.8. The van der Waals surface area contributed by atoms with Crippen LogP contribution in [0.3, 0.4) is 0 Å². The van der Waals surface area contributed by atoms with Gasteiger partial charge in [0.25, 0.3) is 0 Å². The first-order valence-corrected chi connectivity index (χ1v) is 9.62. The Bertz CT molecular complexity index is 1110. The Hall–Kier alpha value is -3.10. The maximum absolute atomic E-state index is 12.8. The van der Waals surface area contributed by atoms with Crippen LogP contribution in [0, 0.1) is 11.3 Å². The molecule has 130 valence electrons. The highest BCUT2D eigenvalue weighted by Crippen LogP contribution is 2.32. The Kier molecular flexibility index (Phi) is 5.06. The van der Waals surface area contributed by atoms with Gasteiger partial charge in [0, 0.05) is 5.56 Å². The van der Waals surface area contributed by atoms with Crippen molar-refractivity contribution in [1.82, 2.24) is 0 Å². The smallest absolute Gasteiger partial charge is 0.216 e. The van der Waals surface area contributed by atoms with E-state index in [1.165, 1.54) is 18.2 Å². The number of nitrogens with zero attached hydrogens (tertiary/aromatic N) is 1. The molecule has 0 amide bonds. The van der Waals surface area contributed by atoms with Crippen molar-refractivity contribution in [3.63, 3.8) is 0 Å². The highest BCUT2D eigenvalue weighted by Gasteiger charge is 2.21. The van der Waals surface area contributed by atoms with Gasteiger partial charge in [-0.3, -0.25) is 0 Å². The summed E-state index contributed by atoms with van der Waals surface area (Å²) in [7, 11) is -3.91. The van der Waals surface area contributed by atoms with Gasteiger partial charge in [-0.25, -0.2) is 8.42 Å². The molecule has 3 aromatic rings. The van der Waals surface area contributed by atoms with E-state index in [1.54, 1.807) is 24.3 Å². The fraction of sp³-hybridized carbons (Fsp3) is 0.0952. The van der Waals surface area contributed by atoms with Crippen molar-refractivity contribution in [3.05, 3.63) is 77.2 Å². The topological polar surface area (TPSA) is 67.2 Å². The molecule has 0 fully saturated rings. The third-order valence-electron chi connectivity index (χ3n) is 3.96. The molecule has 0 atom stereocenters. The standard InChI is InChI=1S/C21H17NO3S/c1-2-25-21-13-12-16-8-6-7-11-19(16)20(21)14-18(15-22)26(23,24)17-9-4-3-5-10-17/h3-14H,2H2,1H3/b18-14+. The summed E-state index contributed by atoms with van der Waals surface area (Å²) in [6.45, 7) is 2.29. The van der Waals surface area contributed by atoms with Crippen molar-refractivity contribution in [2.45, 2.75) is 11.8 Å². The lowest BCUT2D eigenvalue weighted by Gasteiger charge is -2.11. The van der Waals surface area contributed by atoms with E-state index in [0.717, 1.165) is 10.8 Å². The van der Waals surface area contributed by atoms with E-state index in [4.69, 9.17) is 4.74 Å². The molecule has 0 spiro atoms. The highest BCUT2D eigenvalue weighted by molar-refractivity contribution is 7.95. The third kappa shape index (κ3) is 3.32. The molecule has 0 saturated heterocycles. The average Bonchev–Trinajstić information content (AvgIpc) is 2.67. The van der Waals surface area contributed by atoms with E-state index < -0.39 is 9.84 Å². The number of hydrogen-bond donors (Lipinski definition) is 0. The Labute approximate surface area is 152 Å². The molecule has 3 aromatic carbocycles. The maximum Gasteiger partial charge on any atom is 0.216 e. The van der Waals surface area contributed by atoms with Gasteiger partial charge in [0.2, 0.25) is 9.84 Å². The quantitative estimate of drug-likeness (QED) is 0.623. The van der Waals surface area contributed by atoms with Crippen LogP contribution in [0.4, 0.5) is 0 Å². The molecule has 0 radical (unpaired) electrons. The van der Waals surface area contributed by atoms with Crippen LogP contribution in [0.25, 0.3) is 16.8 Å². The van der Waals surface area contributed by atoms with Crippen LogP contribution in [0.5, 0.6) is 5.75 Å². The predicted molar refractivity (Wildman–Crippen MR) is 102 cm³/mol. The molecule has 0 heterocycles. The molecular formula is C21H17NO3S. The average molecular weight is 363 g/mol. The molecule has 26 heavy (non-hydrogen) atoms. The number of benzene rings is 3. The molecule has 0 N–H and O–H groups in total. The molecule has 3 rings (SSSR count). The number of allylic oxidation sites excluding steroid dienone is 1. The van der Waals surface area contributed by atoms with Crippen molar-refractivity contribution in [1.29, 1.82) is 5.26 Å². The van der Waals surface area contributed by atoms with Crippen LogP contribution < -0.4 is 4.74 Å². The minimum atomic E-state index is -3.91. The molecule has 0 aliphatic carbocycles. The molecular weight excluding hydrogens is 346 g/mol. The Morgan fingerprint density at radius 2 is 1.73 bits per heavy atom. The van der Waals surface area contributed by atoms with E-state index >= 15 is 0 Å². The minimum Gasteiger partial charge on any atom is -0.493 e. The summed E-state index contributed by atoms with van der Waals surface area (Å²) in [6.07, 6.45) is 1.40. The molecule has 4 nitrogen and oxygen atoms in total. The lowest BCUT2D eigenvalue weighted by Crippen LogP contribution is -2.04. The zero-order valence-corrected chi connectivity index (χ0v) is 15.0. The van der Waals surface area contributed by atoms with Gasteiger partial charge in [-0.05, 0) is 42.0 Å². The van der Waals surface area contributed by atoms with Gasteiger partial charge in [0.05, 0.1) is 11.5 Å². The molecule has 0 aliphatic heterocycles. The van der Waals surface area contributed by atoms with Crippen molar-refractivity contribution in [2.75, 3.05) is 6.61 Å². The van der Waals surface area contributed by atoms with Crippen LogP contribution >= 0.6 is 0 Å². The van der Waals surface area contributed by atoms with E-state index in [1.807, 2.05) is 43.3 Å². The summed E-state index contributed by atoms with van der Waals surface area (Å²) in [5, 5.41) is 11.3. The van der Waals surface area contributed by atoms with Crippen LogP contribution in [0.15, 0.2) is 76.5 Å². The number of hydrogen-bond acceptors (Lipinski definition) is 4. The van der Waals surface area contributed by atoms with Crippen molar-refractivity contribution < 1.29 is 13.2 Å². The van der Waals surface area contributed by atoms with Gasteiger partial charge in [-0.2, -0.15) is 5.26 Å². The SMILES string of the molecule is CCOc1ccc2ccccc2c1/C=C(\C#N)S(=O)(=O)c1ccccc1. The Morgan fingerprint density at radius 1 is 1.04 bits per heavy atom. The molecule has 0 aromatic heterocycles. The zero-order chi connectivity index (χ0) is 18.6. The van der Waals surface area contributed by atoms with Crippen molar-refractivity contribution >= 4 is 26.7 Å². The largest absolute Gasteiger partial charge is 0.493 e. The Balaban J connectivity index is 2.25. The lowest BCUT2D eigenvalue weighted by atomic mass is 10.0. The zero-order valence-electron chi connectivity index (χ0n) is 14.2. The number of ether oxygens (including phenoxy) is 1. The lowest BCUT2D eigenvalue weighted by molar-refractivity contribution is 0.340. The van der Waals surface area contributed by atoms with Gasteiger partial charge in [0.15, 0.2) is 0 Å². The predicted octanol–water partition coefficient (Wildman–Crippen LogP) is 4.58. The molecule has 0 bridgehead atoms. The summed E-state index contributed by atoms with van der Waals surface area (Å²) >= 11 is 0. The summed E-state index contributed by atoms with van der Waals surface area (Å²) in [5.41, 5.74) is 0.584. The van der Waals surface area contributed by atoms with Gasteiger partial charge in [0.1, 0.15) is 16.7 Å². The first-order chi connectivity index (χ1) is 12.6. The summed E-state index contributed by atoms with van der Waals surface area (Å²) in [6, 6.07) is 21.1. The van der Waals surface area contributed by atoms with E-state index in [9.17, 15) is 13.7 Å². The van der Waals surface area contributed by atoms with E-state index in [-0.39, 0.29) is 9.80 Å². The highest BCUT2D eigenvalue weighted by atomic mass is 32.2. The van der Waals surface area contributed by atoms with E-state index in [2.05, 4.69) is 0 Å². The third-order valence-corrected chi connectivity index (χ3v) is 5.64. The fourth-order valence-corrected chi connectivity index (χ4v) is 3.90. The van der Waals surface area contributed by atoms with Gasteiger partial charge >= 0.3 is 0 Å². The molecule has 0 aliphatic rings.